The Balaban J connectivity index is 1.56. The molecule has 0 radical (unpaired) electrons. The van der Waals surface area contributed by atoms with Crippen molar-refractivity contribution in [3.05, 3.63) is 101 Å². The molecular formula is C26H24N2O4. The molecule has 0 unspecified atom stereocenters. The number of hydrogen-bond acceptors (Lipinski definition) is 4. The Bertz CT molecular complexity index is 1230. The molecule has 6 heteroatoms. The predicted octanol–water partition coefficient (Wildman–Crippen LogP) is 4.64. The first-order chi connectivity index (χ1) is 15.6. The topological polar surface area (TPSA) is 71.8 Å². The number of nitrogens with zero attached hydrogens (tertiary/aromatic N) is 1. The minimum atomic E-state index is -0.233. The van der Waals surface area contributed by atoms with Gasteiger partial charge in [0.25, 0.3) is 11.8 Å². The number of furan rings is 1. The standard InChI is InChI=1S/C26H24N2O4/c1-27-25(29)19-14-12-18(13-15-19)16-28(2)26(30)24-22(17-31-20-8-4-3-5-9-20)21-10-6-7-11-23(21)32-24/h3-15H,16-17H2,1-2H3,(H,27,29). The summed E-state index contributed by atoms with van der Waals surface area (Å²) >= 11 is 0. The minimum absolute atomic E-state index is 0.147. The van der Waals surface area contributed by atoms with E-state index in [1.165, 1.54) is 0 Å². The lowest BCUT2D eigenvalue weighted by atomic mass is 10.1. The monoisotopic (exact) mass is 428 g/mol. The lowest BCUT2D eigenvalue weighted by Gasteiger charge is -2.17. The maximum Gasteiger partial charge on any atom is 0.290 e. The summed E-state index contributed by atoms with van der Waals surface area (Å²) in [4.78, 5) is 26.6. The van der Waals surface area contributed by atoms with E-state index in [9.17, 15) is 9.59 Å². The molecule has 0 spiro atoms. The summed E-state index contributed by atoms with van der Waals surface area (Å²) in [7, 11) is 3.32. The second kappa shape index (κ2) is 9.39. The van der Waals surface area contributed by atoms with E-state index in [0.717, 1.165) is 22.3 Å². The van der Waals surface area contributed by atoms with Gasteiger partial charge < -0.3 is 19.4 Å². The van der Waals surface area contributed by atoms with Gasteiger partial charge in [-0.05, 0) is 35.9 Å². The second-order valence-corrected chi connectivity index (χ2v) is 7.44. The molecule has 2 amide bonds. The summed E-state index contributed by atoms with van der Waals surface area (Å²) in [5.41, 5.74) is 2.84. The number of rotatable bonds is 7. The first kappa shape index (κ1) is 21.2. The highest BCUT2D eigenvalue weighted by atomic mass is 16.5. The molecule has 4 aromatic rings. The number of amides is 2. The molecule has 0 saturated heterocycles. The van der Waals surface area contributed by atoms with Crippen molar-refractivity contribution >= 4 is 22.8 Å². The van der Waals surface area contributed by atoms with Gasteiger partial charge in [0, 0.05) is 37.2 Å². The van der Waals surface area contributed by atoms with E-state index in [1.54, 1.807) is 31.1 Å². The van der Waals surface area contributed by atoms with Crippen molar-refractivity contribution in [2.24, 2.45) is 0 Å². The van der Waals surface area contributed by atoms with Crippen LogP contribution >= 0.6 is 0 Å². The highest BCUT2D eigenvalue weighted by molar-refractivity contribution is 5.99. The van der Waals surface area contributed by atoms with Crippen LogP contribution in [-0.4, -0.2) is 30.8 Å². The number of hydrogen-bond donors (Lipinski definition) is 1. The molecule has 0 aliphatic heterocycles. The molecule has 0 atom stereocenters. The molecular weight excluding hydrogens is 404 g/mol. The molecule has 0 aliphatic carbocycles. The Morgan fingerprint density at radius 2 is 1.62 bits per heavy atom. The average Bonchev–Trinajstić information content (AvgIpc) is 3.21. The van der Waals surface area contributed by atoms with Gasteiger partial charge in [0.2, 0.25) is 0 Å². The lowest BCUT2D eigenvalue weighted by Crippen LogP contribution is -2.27. The van der Waals surface area contributed by atoms with E-state index in [0.29, 0.717) is 17.7 Å². The zero-order chi connectivity index (χ0) is 22.5. The molecule has 1 N–H and O–H groups in total. The number of carbonyl (C=O) groups is 2. The van der Waals surface area contributed by atoms with Gasteiger partial charge in [0.15, 0.2) is 5.76 Å². The van der Waals surface area contributed by atoms with Crippen LogP contribution in [0.3, 0.4) is 0 Å². The largest absolute Gasteiger partial charge is 0.489 e. The Kier molecular flexibility index (Phi) is 6.22. The third-order valence-electron chi connectivity index (χ3n) is 5.23. The quantitative estimate of drug-likeness (QED) is 0.465. The van der Waals surface area contributed by atoms with Crippen molar-refractivity contribution in [2.75, 3.05) is 14.1 Å². The maximum atomic E-state index is 13.3. The summed E-state index contributed by atoms with van der Waals surface area (Å²) < 4.78 is 11.9. The zero-order valence-electron chi connectivity index (χ0n) is 18.0. The van der Waals surface area contributed by atoms with Crippen LogP contribution in [-0.2, 0) is 13.2 Å². The smallest absolute Gasteiger partial charge is 0.290 e. The SMILES string of the molecule is CNC(=O)c1ccc(CN(C)C(=O)c2oc3ccccc3c2COc2ccccc2)cc1. The fraction of sp³-hybridized carbons (Fsp3) is 0.154. The van der Waals surface area contributed by atoms with Gasteiger partial charge in [-0.15, -0.1) is 0 Å². The number of benzene rings is 3. The first-order valence-corrected chi connectivity index (χ1v) is 10.3. The summed E-state index contributed by atoms with van der Waals surface area (Å²) in [5.74, 6) is 0.613. The number of carbonyl (C=O) groups excluding carboxylic acids is 2. The Morgan fingerprint density at radius 3 is 2.34 bits per heavy atom. The molecule has 1 heterocycles. The van der Waals surface area contributed by atoms with Gasteiger partial charge in [0.1, 0.15) is 17.9 Å². The molecule has 0 fully saturated rings. The number of para-hydroxylation sites is 2. The van der Waals surface area contributed by atoms with Crippen LogP contribution in [0.1, 0.15) is 32.0 Å². The van der Waals surface area contributed by atoms with Crippen LogP contribution in [0.25, 0.3) is 11.0 Å². The first-order valence-electron chi connectivity index (χ1n) is 10.3. The highest BCUT2D eigenvalue weighted by Crippen LogP contribution is 2.28. The summed E-state index contributed by atoms with van der Waals surface area (Å²) in [6, 6.07) is 24.2. The van der Waals surface area contributed by atoms with Gasteiger partial charge in [0.05, 0.1) is 0 Å². The van der Waals surface area contributed by atoms with Crippen molar-refractivity contribution in [1.82, 2.24) is 10.2 Å². The molecule has 0 bridgehead atoms. The van der Waals surface area contributed by atoms with E-state index in [2.05, 4.69) is 5.32 Å². The van der Waals surface area contributed by atoms with Crippen LogP contribution in [0.5, 0.6) is 5.75 Å². The maximum absolute atomic E-state index is 13.3. The minimum Gasteiger partial charge on any atom is -0.489 e. The van der Waals surface area contributed by atoms with Gasteiger partial charge in [-0.25, -0.2) is 0 Å². The van der Waals surface area contributed by atoms with Crippen molar-refractivity contribution in [3.63, 3.8) is 0 Å². The van der Waals surface area contributed by atoms with Gasteiger partial charge in [-0.2, -0.15) is 0 Å². The van der Waals surface area contributed by atoms with Gasteiger partial charge >= 0.3 is 0 Å². The highest BCUT2D eigenvalue weighted by Gasteiger charge is 2.24. The van der Waals surface area contributed by atoms with Crippen LogP contribution in [0, 0.1) is 0 Å². The van der Waals surface area contributed by atoms with Crippen molar-refractivity contribution in [1.29, 1.82) is 0 Å². The lowest BCUT2D eigenvalue weighted by molar-refractivity contribution is 0.0751. The van der Waals surface area contributed by atoms with E-state index >= 15 is 0 Å². The van der Waals surface area contributed by atoms with Crippen molar-refractivity contribution in [3.8, 4) is 5.75 Å². The van der Waals surface area contributed by atoms with E-state index < -0.39 is 0 Å². The molecule has 4 rings (SSSR count). The summed E-state index contributed by atoms with van der Waals surface area (Å²) in [6.45, 7) is 0.597. The average molecular weight is 428 g/mol. The Hall–Kier alpha value is -4.06. The van der Waals surface area contributed by atoms with Gasteiger partial charge in [-0.3, -0.25) is 9.59 Å². The van der Waals surface area contributed by atoms with Crippen LogP contribution < -0.4 is 10.1 Å². The van der Waals surface area contributed by atoms with Crippen molar-refractivity contribution < 1.29 is 18.7 Å². The van der Waals surface area contributed by atoms with Crippen LogP contribution in [0.4, 0.5) is 0 Å². The molecule has 0 aliphatic rings. The predicted molar refractivity (Wildman–Crippen MR) is 123 cm³/mol. The third kappa shape index (κ3) is 4.49. The van der Waals surface area contributed by atoms with Gasteiger partial charge in [-0.1, -0.05) is 48.5 Å². The third-order valence-corrected chi connectivity index (χ3v) is 5.23. The zero-order valence-corrected chi connectivity index (χ0v) is 18.0. The molecule has 6 nitrogen and oxygen atoms in total. The normalized spacial score (nSPS) is 10.7. The fourth-order valence-electron chi connectivity index (χ4n) is 3.51. The fourth-order valence-corrected chi connectivity index (χ4v) is 3.51. The summed E-state index contributed by atoms with van der Waals surface area (Å²) in [6.07, 6.45) is 0. The Morgan fingerprint density at radius 1 is 0.938 bits per heavy atom. The second-order valence-electron chi connectivity index (χ2n) is 7.44. The van der Waals surface area contributed by atoms with Crippen molar-refractivity contribution in [2.45, 2.75) is 13.2 Å². The molecule has 32 heavy (non-hydrogen) atoms. The molecule has 162 valence electrons. The molecule has 1 aromatic heterocycles. The van der Waals surface area contributed by atoms with E-state index in [-0.39, 0.29) is 24.2 Å². The summed E-state index contributed by atoms with van der Waals surface area (Å²) in [5, 5.41) is 3.45. The molecule has 3 aromatic carbocycles. The molecule has 0 saturated carbocycles. The van der Waals surface area contributed by atoms with E-state index in [1.807, 2.05) is 66.7 Å². The van der Waals surface area contributed by atoms with E-state index in [4.69, 9.17) is 9.15 Å². The Labute approximate surface area is 186 Å². The van der Waals surface area contributed by atoms with Crippen LogP contribution in [0.15, 0.2) is 83.3 Å². The number of ether oxygens (including phenoxy) is 1. The number of nitrogens with one attached hydrogen (secondary N) is 1. The van der Waals surface area contributed by atoms with Crippen LogP contribution in [0.2, 0.25) is 0 Å². The number of fused-ring (bicyclic) bond motifs is 1.